The molecule has 0 aliphatic rings. The lowest BCUT2D eigenvalue weighted by molar-refractivity contribution is 0.472. The van der Waals surface area contributed by atoms with Crippen LogP contribution in [-0.2, 0) is 40.5 Å². The largest absolute Gasteiger partial charge is 0.505 e. The van der Waals surface area contributed by atoms with Crippen LogP contribution in [0.5, 0.6) is 5.75 Å². The Labute approximate surface area is 324 Å². The topological polar surface area (TPSA) is 325 Å². The third-order valence-electron chi connectivity index (χ3n) is 8.61. The molecule has 0 aromatic heterocycles. The lowest BCUT2D eigenvalue weighted by atomic mass is 10.1. The van der Waals surface area contributed by atoms with Gasteiger partial charge in [0.05, 0.1) is 32.5 Å². The van der Waals surface area contributed by atoms with Gasteiger partial charge in [0.25, 0.3) is 40.5 Å². The number of phenolic OH excluding ortho intramolecular Hbond substituents is 1. The Balaban J connectivity index is 1.53. The van der Waals surface area contributed by atoms with E-state index >= 15 is 0 Å². The average Bonchev–Trinajstić information content (AvgIpc) is 3.12. The number of fused-ring (bicyclic) bond motifs is 3. The molecule has 19 nitrogen and oxygen atoms in total. The van der Waals surface area contributed by atoms with Crippen molar-refractivity contribution in [3.05, 3.63) is 78.9 Å². The van der Waals surface area contributed by atoms with Crippen LogP contribution in [0.3, 0.4) is 0 Å². The molecule has 8 N–H and O–H groups in total. The van der Waals surface area contributed by atoms with Crippen molar-refractivity contribution >= 4 is 107 Å². The molecule has 0 bridgehead atoms. The molecule has 57 heavy (non-hydrogen) atoms. The summed E-state index contributed by atoms with van der Waals surface area (Å²) >= 11 is 0. The zero-order valence-electron chi connectivity index (χ0n) is 29.1. The number of phenols is 1. The Morgan fingerprint density at radius 2 is 1.05 bits per heavy atom. The van der Waals surface area contributed by atoms with Crippen LogP contribution in [0.25, 0.3) is 32.3 Å². The summed E-state index contributed by atoms with van der Waals surface area (Å²) in [5.74, 6) is -0.870. The molecule has 23 heteroatoms. The number of nitrogens with two attached hydrogens (primary N) is 1. The van der Waals surface area contributed by atoms with Crippen LogP contribution in [-0.4, -0.2) is 63.5 Å². The molecule has 6 aromatic rings. The molecule has 6 rings (SSSR count). The molecule has 0 aliphatic heterocycles. The van der Waals surface area contributed by atoms with Crippen LogP contribution < -0.4 is 11.1 Å². The Hall–Kier alpha value is -5.66. The van der Waals surface area contributed by atoms with E-state index in [1.54, 1.807) is 0 Å². The fourth-order valence-corrected chi connectivity index (χ4v) is 8.20. The number of benzene rings is 6. The number of hydrogen-bond donors (Lipinski definition) is 7. The third-order valence-corrected chi connectivity index (χ3v) is 12.1. The lowest BCUT2D eigenvalue weighted by Crippen LogP contribution is -2.08. The van der Waals surface area contributed by atoms with Crippen molar-refractivity contribution in [1.82, 2.24) is 0 Å². The summed E-state index contributed by atoms with van der Waals surface area (Å²) in [6.45, 7) is 2.15. The minimum Gasteiger partial charge on any atom is -0.505 e. The molecule has 298 valence electrons. The molecule has 0 saturated heterocycles. The van der Waals surface area contributed by atoms with Gasteiger partial charge in [-0.05, 0) is 78.5 Å². The summed E-state index contributed by atoms with van der Waals surface area (Å²) < 4.78 is 137. The van der Waals surface area contributed by atoms with Crippen molar-refractivity contribution in [3.63, 3.8) is 0 Å². The van der Waals surface area contributed by atoms with Crippen molar-refractivity contribution in [1.29, 1.82) is 0 Å². The number of hydrogen-bond acceptors (Lipinski definition) is 15. The van der Waals surface area contributed by atoms with Gasteiger partial charge in [-0.1, -0.05) is 25.5 Å². The van der Waals surface area contributed by atoms with Crippen LogP contribution in [0, 0.1) is 0 Å². The molecule has 0 spiro atoms. The van der Waals surface area contributed by atoms with Gasteiger partial charge in [0, 0.05) is 39.2 Å². The Kier molecular flexibility index (Phi) is 10.8. The summed E-state index contributed by atoms with van der Waals surface area (Å²) in [5, 5.41) is 30.9. The number of aromatic hydroxyl groups is 1. The van der Waals surface area contributed by atoms with E-state index in [1.807, 2.05) is 6.92 Å². The zero-order valence-corrected chi connectivity index (χ0v) is 32.4. The number of nitrogens with one attached hydrogen (secondary N) is 1. The smallest absolute Gasteiger partial charge is 0.296 e. The molecule has 6 aromatic carbocycles. The summed E-state index contributed by atoms with van der Waals surface area (Å²) in [4.78, 5) is -2.67. The van der Waals surface area contributed by atoms with Gasteiger partial charge in [-0.25, -0.2) is 0 Å². The van der Waals surface area contributed by atoms with Crippen LogP contribution >= 0.6 is 0 Å². The molecule has 0 aliphatic carbocycles. The highest BCUT2D eigenvalue weighted by Gasteiger charge is 2.25. The van der Waals surface area contributed by atoms with Crippen LogP contribution in [0.2, 0.25) is 0 Å². The first kappa shape index (κ1) is 41.0. The van der Waals surface area contributed by atoms with Crippen molar-refractivity contribution in [3.8, 4) is 5.75 Å². The first-order chi connectivity index (χ1) is 26.6. The van der Waals surface area contributed by atoms with E-state index in [4.69, 9.17) is 5.73 Å². The maximum Gasteiger partial charge on any atom is 0.296 e. The van der Waals surface area contributed by atoms with Crippen molar-refractivity contribution in [2.75, 3.05) is 17.6 Å². The number of rotatable bonds is 12. The SMILES string of the molecule is CCCCNc1cc2c(O)c(/N=N/c3ccc(/N=N/c4ccc(N)c5ccc(S(=O)(=O)O)cc45)c4ccc(S(=O)(=O)O)cc34)c(S(=O)(=O)O)cc2cc1S(=O)(=O)O. The van der Waals surface area contributed by atoms with E-state index in [2.05, 4.69) is 25.8 Å². The number of anilines is 2. The molecule has 0 unspecified atom stereocenters. The van der Waals surface area contributed by atoms with Gasteiger partial charge in [0.15, 0.2) is 5.75 Å². The average molecular weight is 859 g/mol. The van der Waals surface area contributed by atoms with Crippen molar-refractivity contribution < 1.29 is 57.0 Å². The first-order valence-electron chi connectivity index (χ1n) is 16.3. The minimum absolute atomic E-state index is 0.0463. The minimum atomic E-state index is -5.20. The van der Waals surface area contributed by atoms with E-state index in [0.717, 1.165) is 48.9 Å². The van der Waals surface area contributed by atoms with Crippen molar-refractivity contribution in [2.24, 2.45) is 20.5 Å². The number of nitrogen functional groups attached to an aromatic ring is 1. The van der Waals surface area contributed by atoms with Crippen LogP contribution in [0.15, 0.2) is 119 Å². The Bertz CT molecular complexity index is 3170. The maximum atomic E-state index is 12.5. The standard InChI is InChI=1S/C34H30N6O13S4/c1-2-3-12-36-30-17-23-18(13-31(30)56(48,49)50)14-32(57(51,52)53)33(34(23)41)40-39-29-11-10-27(22-7-5-20(16-25(22)29)55(45,46)47)37-38-28-9-8-26(35)21-6-4-19(15-24(21)28)54(42,43)44/h4-11,13-17,36,41H,2-3,12,35H2,1H3,(H,42,43,44)(H,45,46,47)(H,48,49,50)(H,51,52,53)/b38-37+,40-39+. The molecule has 0 atom stereocenters. The maximum absolute atomic E-state index is 12.5. The number of nitrogens with zero attached hydrogens (tertiary/aromatic N) is 4. The fraction of sp³-hybridized carbons (Fsp3) is 0.118. The van der Waals surface area contributed by atoms with Gasteiger partial charge in [-0.3, -0.25) is 18.2 Å². The van der Waals surface area contributed by atoms with Gasteiger partial charge in [-0.15, -0.1) is 20.5 Å². The second-order valence-electron chi connectivity index (χ2n) is 12.4. The summed E-state index contributed by atoms with van der Waals surface area (Å²) in [5.41, 5.74) is 5.42. The molecule has 0 saturated carbocycles. The molecule has 0 fully saturated rings. The Morgan fingerprint density at radius 1 is 0.561 bits per heavy atom. The first-order valence-corrected chi connectivity index (χ1v) is 22.0. The molecule has 0 heterocycles. The molecule has 0 radical (unpaired) electrons. The monoisotopic (exact) mass is 858 g/mol. The summed E-state index contributed by atoms with van der Waals surface area (Å²) in [7, 11) is -19.5. The number of azo groups is 2. The highest BCUT2D eigenvalue weighted by Crippen LogP contribution is 2.45. The second kappa shape index (κ2) is 15.0. The highest BCUT2D eigenvalue weighted by molar-refractivity contribution is 7.86. The molecular weight excluding hydrogens is 829 g/mol. The van der Waals surface area contributed by atoms with Gasteiger partial charge in [-0.2, -0.15) is 33.7 Å². The summed E-state index contributed by atoms with van der Waals surface area (Å²) in [6, 6.07) is 15.4. The lowest BCUT2D eigenvalue weighted by Gasteiger charge is -2.14. The van der Waals surface area contributed by atoms with E-state index in [-0.39, 0.29) is 61.9 Å². The van der Waals surface area contributed by atoms with Crippen LogP contribution in [0.4, 0.5) is 34.1 Å². The van der Waals surface area contributed by atoms with Gasteiger partial charge in [0.1, 0.15) is 15.5 Å². The predicted molar refractivity (Wildman–Crippen MR) is 209 cm³/mol. The van der Waals surface area contributed by atoms with Gasteiger partial charge < -0.3 is 16.2 Å². The third kappa shape index (κ3) is 8.54. The molecule has 0 amide bonds. The van der Waals surface area contributed by atoms with E-state index < -0.39 is 71.5 Å². The van der Waals surface area contributed by atoms with Gasteiger partial charge >= 0.3 is 0 Å². The Morgan fingerprint density at radius 3 is 1.60 bits per heavy atom. The molecular formula is C34H30N6O13S4. The predicted octanol–water partition coefficient (Wildman–Crippen LogP) is 7.46. The van der Waals surface area contributed by atoms with E-state index in [0.29, 0.717) is 11.8 Å². The highest BCUT2D eigenvalue weighted by atomic mass is 32.2. The van der Waals surface area contributed by atoms with Crippen LogP contribution in [0.1, 0.15) is 19.8 Å². The van der Waals surface area contributed by atoms with Gasteiger partial charge in [0.2, 0.25) is 0 Å². The quantitative estimate of drug-likeness (QED) is 0.0272. The second-order valence-corrected chi connectivity index (χ2v) is 18.0. The van der Waals surface area contributed by atoms with E-state index in [9.17, 15) is 57.0 Å². The van der Waals surface area contributed by atoms with E-state index in [1.165, 1.54) is 36.4 Å². The zero-order chi connectivity index (χ0) is 41.7. The number of unbranched alkanes of at least 4 members (excludes halogenated alkanes) is 1. The summed E-state index contributed by atoms with van der Waals surface area (Å²) in [6.07, 6.45) is 1.32. The normalized spacial score (nSPS) is 13.1. The van der Waals surface area contributed by atoms with Crippen molar-refractivity contribution in [2.45, 2.75) is 39.3 Å². The fourth-order valence-electron chi connectivity index (χ4n) is 5.84.